The van der Waals surface area contributed by atoms with Gasteiger partial charge in [0.05, 0.1) is 0 Å². The fraction of sp³-hybridized carbons (Fsp3) is 0.529. The van der Waals surface area contributed by atoms with Crippen LogP contribution in [0.15, 0.2) is 18.2 Å². The van der Waals surface area contributed by atoms with Gasteiger partial charge in [-0.05, 0) is 30.4 Å². The Balaban J connectivity index is 2.21. The van der Waals surface area contributed by atoms with Crippen molar-refractivity contribution in [3.05, 3.63) is 35.4 Å². The SMILES string of the molecule is CC(C)[C@H]1CC(OC(=O)c2c(F)cccc2F)C(=O)C1(C)C. The molecular formula is C17H20F2O3. The molecule has 1 aliphatic rings. The molecule has 1 unspecified atom stereocenters. The highest BCUT2D eigenvalue weighted by atomic mass is 19.1. The van der Waals surface area contributed by atoms with Crippen molar-refractivity contribution in [1.82, 2.24) is 0 Å². The van der Waals surface area contributed by atoms with Gasteiger partial charge in [-0.3, -0.25) is 4.79 Å². The highest BCUT2D eigenvalue weighted by molar-refractivity contribution is 5.96. The van der Waals surface area contributed by atoms with Gasteiger partial charge in [-0.15, -0.1) is 0 Å². The molecule has 3 nitrogen and oxygen atoms in total. The second-order valence-electron chi connectivity index (χ2n) is 6.66. The Hall–Kier alpha value is -1.78. The van der Waals surface area contributed by atoms with Crippen LogP contribution in [-0.2, 0) is 9.53 Å². The molecule has 120 valence electrons. The zero-order chi connectivity index (χ0) is 16.7. The molecule has 0 aromatic heterocycles. The molecule has 0 amide bonds. The number of hydrogen-bond acceptors (Lipinski definition) is 3. The van der Waals surface area contributed by atoms with E-state index in [1.807, 2.05) is 27.7 Å². The first-order chi connectivity index (χ1) is 10.2. The summed E-state index contributed by atoms with van der Waals surface area (Å²) in [6.07, 6.45) is -0.570. The minimum absolute atomic E-state index is 0.0586. The summed E-state index contributed by atoms with van der Waals surface area (Å²) in [5.41, 5.74) is -1.37. The fourth-order valence-electron chi connectivity index (χ4n) is 3.32. The number of ketones is 1. The molecule has 22 heavy (non-hydrogen) atoms. The molecule has 0 bridgehead atoms. The van der Waals surface area contributed by atoms with Crippen LogP contribution in [-0.4, -0.2) is 17.9 Å². The summed E-state index contributed by atoms with van der Waals surface area (Å²) in [6.45, 7) is 7.63. The van der Waals surface area contributed by atoms with Crippen molar-refractivity contribution in [3.63, 3.8) is 0 Å². The first-order valence-electron chi connectivity index (χ1n) is 7.35. The summed E-state index contributed by atoms with van der Waals surface area (Å²) in [5, 5.41) is 0. The average Bonchev–Trinajstić information content (AvgIpc) is 2.62. The van der Waals surface area contributed by atoms with E-state index in [-0.39, 0.29) is 17.6 Å². The number of ether oxygens (including phenoxy) is 1. The monoisotopic (exact) mass is 310 g/mol. The van der Waals surface area contributed by atoms with E-state index >= 15 is 0 Å². The lowest BCUT2D eigenvalue weighted by molar-refractivity contribution is -0.132. The quantitative estimate of drug-likeness (QED) is 0.798. The molecule has 1 saturated carbocycles. The van der Waals surface area contributed by atoms with E-state index in [2.05, 4.69) is 0 Å². The third-order valence-electron chi connectivity index (χ3n) is 4.54. The minimum Gasteiger partial charge on any atom is -0.451 e. The predicted molar refractivity (Wildman–Crippen MR) is 77.3 cm³/mol. The van der Waals surface area contributed by atoms with Gasteiger partial charge in [-0.2, -0.15) is 0 Å². The molecule has 2 atom stereocenters. The lowest BCUT2D eigenvalue weighted by Gasteiger charge is -2.27. The Labute approximate surface area is 128 Å². The summed E-state index contributed by atoms with van der Waals surface area (Å²) in [5.74, 6) is -3.01. The van der Waals surface area contributed by atoms with Crippen molar-refractivity contribution in [3.8, 4) is 0 Å². The first-order valence-corrected chi connectivity index (χ1v) is 7.35. The first kappa shape index (κ1) is 16.6. The highest BCUT2D eigenvalue weighted by Crippen LogP contribution is 2.45. The van der Waals surface area contributed by atoms with Gasteiger partial charge in [0.2, 0.25) is 0 Å². The molecule has 1 aromatic rings. The Morgan fingerprint density at radius 2 is 1.82 bits per heavy atom. The summed E-state index contributed by atoms with van der Waals surface area (Å²) in [7, 11) is 0. The smallest absolute Gasteiger partial charge is 0.344 e. The lowest BCUT2D eigenvalue weighted by atomic mass is 9.75. The fourth-order valence-corrected chi connectivity index (χ4v) is 3.32. The van der Waals surface area contributed by atoms with E-state index in [1.165, 1.54) is 6.07 Å². The van der Waals surface area contributed by atoms with Gasteiger partial charge in [0, 0.05) is 5.41 Å². The molecule has 0 heterocycles. The van der Waals surface area contributed by atoms with Crippen molar-refractivity contribution in [2.24, 2.45) is 17.3 Å². The zero-order valence-corrected chi connectivity index (χ0v) is 13.2. The zero-order valence-electron chi connectivity index (χ0n) is 13.2. The number of halogens is 2. The van der Waals surface area contributed by atoms with Crippen molar-refractivity contribution in [2.75, 3.05) is 0 Å². The van der Waals surface area contributed by atoms with Gasteiger partial charge in [-0.1, -0.05) is 33.8 Å². The molecule has 2 rings (SSSR count). The molecule has 0 N–H and O–H groups in total. The van der Waals surface area contributed by atoms with E-state index in [0.717, 1.165) is 12.1 Å². The minimum atomic E-state index is -1.13. The van der Waals surface area contributed by atoms with Crippen molar-refractivity contribution >= 4 is 11.8 Å². The predicted octanol–water partition coefficient (Wildman–Crippen LogP) is 3.76. The van der Waals surface area contributed by atoms with Crippen LogP contribution in [0.4, 0.5) is 8.78 Å². The van der Waals surface area contributed by atoms with Crippen LogP contribution < -0.4 is 0 Å². The number of rotatable bonds is 3. The normalized spacial score (nSPS) is 23.9. The molecule has 0 spiro atoms. The summed E-state index contributed by atoms with van der Waals surface area (Å²) >= 11 is 0. The standard InChI is InChI=1S/C17H20F2O3/c1-9(2)10-8-13(15(20)17(10,3)4)22-16(21)14-11(18)6-5-7-12(14)19/h5-7,9-10,13H,8H2,1-4H3/t10-,13?/m1/s1. The molecule has 1 aromatic carbocycles. The van der Waals surface area contributed by atoms with Gasteiger partial charge in [0.15, 0.2) is 11.9 Å². The van der Waals surface area contributed by atoms with E-state index in [1.54, 1.807) is 0 Å². The van der Waals surface area contributed by atoms with Crippen LogP contribution in [0.1, 0.15) is 44.5 Å². The molecule has 0 aliphatic heterocycles. The highest BCUT2D eigenvalue weighted by Gasteiger charge is 2.51. The van der Waals surface area contributed by atoms with E-state index in [0.29, 0.717) is 6.42 Å². The molecule has 1 aliphatic carbocycles. The third kappa shape index (κ3) is 2.76. The number of carbonyl (C=O) groups is 2. The maximum atomic E-state index is 13.6. The number of hydrogen-bond donors (Lipinski definition) is 0. The second kappa shape index (κ2) is 5.78. The number of Topliss-reactive ketones (excluding diaryl/α,β-unsaturated/α-hetero) is 1. The number of carbonyl (C=O) groups excluding carboxylic acids is 2. The van der Waals surface area contributed by atoms with Crippen molar-refractivity contribution in [2.45, 2.75) is 40.2 Å². The van der Waals surface area contributed by atoms with Crippen molar-refractivity contribution in [1.29, 1.82) is 0 Å². The molecule has 0 saturated heterocycles. The molecule has 0 radical (unpaired) electrons. The van der Waals surface area contributed by atoms with Crippen LogP contribution in [0.5, 0.6) is 0 Å². The maximum Gasteiger partial charge on any atom is 0.344 e. The topological polar surface area (TPSA) is 43.4 Å². The molecular weight excluding hydrogens is 290 g/mol. The Morgan fingerprint density at radius 1 is 1.27 bits per heavy atom. The van der Waals surface area contributed by atoms with Crippen molar-refractivity contribution < 1.29 is 23.1 Å². The van der Waals surface area contributed by atoms with Crippen LogP contribution in [0.2, 0.25) is 0 Å². The number of benzene rings is 1. The summed E-state index contributed by atoms with van der Waals surface area (Å²) < 4.78 is 32.3. The number of esters is 1. The second-order valence-corrected chi connectivity index (χ2v) is 6.66. The maximum absolute atomic E-state index is 13.6. The third-order valence-corrected chi connectivity index (χ3v) is 4.54. The van der Waals surface area contributed by atoms with Crippen LogP contribution in [0.25, 0.3) is 0 Å². The summed E-state index contributed by atoms with van der Waals surface area (Å²) in [6, 6.07) is 3.13. The summed E-state index contributed by atoms with van der Waals surface area (Å²) in [4.78, 5) is 24.4. The Kier molecular flexibility index (Phi) is 4.36. The van der Waals surface area contributed by atoms with E-state index in [9.17, 15) is 18.4 Å². The van der Waals surface area contributed by atoms with Gasteiger partial charge in [0.1, 0.15) is 17.2 Å². The molecule has 1 fully saturated rings. The largest absolute Gasteiger partial charge is 0.451 e. The average molecular weight is 310 g/mol. The lowest BCUT2D eigenvalue weighted by Crippen LogP contribution is -2.32. The van der Waals surface area contributed by atoms with Crippen LogP contribution in [0, 0.1) is 28.9 Å². The van der Waals surface area contributed by atoms with E-state index in [4.69, 9.17) is 4.74 Å². The van der Waals surface area contributed by atoms with Gasteiger partial charge in [-0.25, -0.2) is 13.6 Å². The molecule has 5 heteroatoms. The van der Waals surface area contributed by atoms with Gasteiger partial charge >= 0.3 is 5.97 Å². The van der Waals surface area contributed by atoms with Gasteiger partial charge in [0.25, 0.3) is 0 Å². The Bertz CT molecular complexity index is 588. The van der Waals surface area contributed by atoms with E-state index < -0.39 is 34.7 Å². The Morgan fingerprint density at radius 3 is 2.27 bits per heavy atom. The van der Waals surface area contributed by atoms with Crippen LogP contribution >= 0.6 is 0 Å². The van der Waals surface area contributed by atoms with Crippen LogP contribution in [0.3, 0.4) is 0 Å². The van der Waals surface area contributed by atoms with Gasteiger partial charge < -0.3 is 4.74 Å².